The number of hydrogen-bond donors (Lipinski definition) is 0. The molecule has 40 heavy (non-hydrogen) atoms. The minimum Gasteiger partial charge on any atom is -0.0654 e. The smallest absolute Gasteiger partial charge is 0.0654 e. The first kappa shape index (κ1) is 30.3. The van der Waals surface area contributed by atoms with Crippen LogP contribution in [0.4, 0.5) is 0 Å². The van der Waals surface area contributed by atoms with Crippen molar-refractivity contribution in [2.24, 2.45) is 5.92 Å². The standard InChI is InChI=1S/C39H52Si/c1-6-8-10-14-20-33-26-34(21-15-11-9-7-2)28-35(27-33)39-32(5)30(3)31(4)38(39)29-40(36-22-16-12-17-23-36)37-24-18-13-19-25-37/h12-13,16-19,22-28,38,40H,6-11,14-15,20-21,29H2,1-5H3. The van der Waals surface area contributed by atoms with Gasteiger partial charge >= 0.3 is 0 Å². The van der Waals surface area contributed by atoms with Crippen LogP contribution in [-0.4, -0.2) is 8.80 Å². The van der Waals surface area contributed by atoms with Crippen molar-refractivity contribution in [2.45, 2.75) is 105 Å². The average molecular weight is 549 g/mol. The van der Waals surface area contributed by atoms with E-state index in [1.165, 1.54) is 87.0 Å². The van der Waals surface area contributed by atoms with E-state index in [1.54, 1.807) is 32.6 Å². The molecule has 1 heteroatoms. The lowest BCUT2D eigenvalue weighted by molar-refractivity contribution is 0.661. The van der Waals surface area contributed by atoms with Crippen LogP contribution < -0.4 is 10.4 Å². The van der Waals surface area contributed by atoms with Gasteiger partial charge in [0.05, 0.1) is 0 Å². The predicted molar refractivity (Wildman–Crippen MR) is 181 cm³/mol. The maximum absolute atomic E-state index is 2.57. The number of aryl methyl sites for hydroxylation is 2. The first-order valence-corrected chi connectivity index (χ1v) is 18.1. The van der Waals surface area contributed by atoms with Crippen LogP contribution in [0.3, 0.4) is 0 Å². The quantitative estimate of drug-likeness (QED) is 0.131. The molecule has 0 amide bonds. The van der Waals surface area contributed by atoms with Gasteiger partial charge in [-0.15, -0.1) is 0 Å². The highest BCUT2D eigenvalue weighted by atomic mass is 28.3. The number of rotatable bonds is 15. The van der Waals surface area contributed by atoms with Crippen LogP contribution in [-0.2, 0) is 12.8 Å². The molecular weight excluding hydrogens is 497 g/mol. The van der Waals surface area contributed by atoms with E-state index in [0.717, 1.165) is 0 Å². The Morgan fingerprint density at radius 1 is 0.575 bits per heavy atom. The minimum atomic E-state index is -1.40. The molecule has 3 aromatic carbocycles. The molecule has 3 aromatic rings. The second kappa shape index (κ2) is 15.4. The van der Waals surface area contributed by atoms with Gasteiger partial charge < -0.3 is 0 Å². The van der Waals surface area contributed by atoms with E-state index in [9.17, 15) is 0 Å². The molecule has 0 N–H and O–H groups in total. The summed E-state index contributed by atoms with van der Waals surface area (Å²) in [5, 5.41) is 3.12. The maximum Gasteiger partial charge on any atom is 0.104 e. The van der Waals surface area contributed by atoms with Crippen molar-refractivity contribution in [3.8, 4) is 0 Å². The van der Waals surface area contributed by atoms with Gasteiger partial charge in [-0.25, -0.2) is 0 Å². The van der Waals surface area contributed by atoms with E-state index in [0.29, 0.717) is 5.92 Å². The van der Waals surface area contributed by atoms with Crippen LogP contribution in [0.2, 0.25) is 6.04 Å². The van der Waals surface area contributed by atoms with Crippen LogP contribution in [0.25, 0.3) is 5.57 Å². The lowest BCUT2D eigenvalue weighted by Crippen LogP contribution is -2.43. The minimum absolute atomic E-state index is 0.500. The Labute approximate surface area is 247 Å². The van der Waals surface area contributed by atoms with E-state index >= 15 is 0 Å². The molecule has 4 rings (SSSR count). The highest BCUT2D eigenvalue weighted by Crippen LogP contribution is 2.45. The van der Waals surface area contributed by atoms with Crippen LogP contribution >= 0.6 is 0 Å². The zero-order valence-electron chi connectivity index (χ0n) is 25.9. The Morgan fingerprint density at radius 2 is 1.07 bits per heavy atom. The van der Waals surface area contributed by atoms with E-state index in [1.807, 2.05) is 0 Å². The number of allylic oxidation sites excluding steroid dienone is 4. The highest BCUT2D eigenvalue weighted by Gasteiger charge is 2.32. The Bertz CT molecular complexity index is 1190. The third kappa shape index (κ3) is 7.76. The van der Waals surface area contributed by atoms with Gasteiger partial charge in [-0.2, -0.15) is 0 Å². The van der Waals surface area contributed by atoms with Gasteiger partial charge in [0.15, 0.2) is 0 Å². The van der Waals surface area contributed by atoms with Gasteiger partial charge in [0.25, 0.3) is 0 Å². The van der Waals surface area contributed by atoms with Crippen molar-refractivity contribution in [3.63, 3.8) is 0 Å². The molecule has 0 bridgehead atoms. The normalized spacial score (nSPS) is 15.5. The molecule has 1 aliphatic carbocycles. The Morgan fingerprint density at radius 3 is 1.55 bits per heavy atom. The zero-order chi connectivity index (χ0) is 28.3. The Kier molecular flexibility index (Phi) is 11.7. The summed E-state index contributed by atoms with van der Waals surface area (Å²) >= 11 is 0. The molecule has 0 aromatic heterocycles. The second-order valence-electron chi connectivity index (χ2n) is 12.2. The average Bonchev–Trinajstić information content (AvgIpc) is 3.20. The van der Waals surface area contributed by atoms with Crippen molar-refractivity contribution in [2.75, 3.05) is 0 Å². The summed E-state index contributed by atoms with van der Waals surface area (Å²) in [6.45, 7) is 11.8. The molecule has 0 heterocycles. The first-order valence-electron chi connectivity index (χ1n) is 16.1. The third-order valence-electron chi connectivity index (χ3n) is 9.31. The molecule has 0 fully saturated rings. The molecule has 0 saturated carbocycles. The molecule has 0 nitrogen and oxygen atoms in total. The van der Waals surface area contributed by atoms with Crippen molar-refractivity contribution in [1.82, 2.24) is 0 Å². The van der Waals surface area contributed by atoms with E-state index in [4.69, 9.17) is 0 Å². The Hall–Kier alpha value is -2.64. The van der Waals surface area contributed by atoms with Gasteiger partial charge in [0.2, 0.25) is 0 Å². The topological polar surface area (TPSA) is 0 Å². The second-order valence-corrected chi connectivity index (χ2v) is 15.1. The summed E-state index contributed by atoms with van der Waals surface area (Å²) in [5.41, 5.74) is 10.9. The molecule has 212 valence electrons. The fourth-order valence-electron chi connectivity index (χ4n) is 6.74. The third-order valence-corrected chi connectivity index (χ3v) is 12.6. The number of hydrogen-bond acceptors (Lipinski definition) is 0. The molecule has 0 saturated heterocycles. The van der Waals surface area contributed by atoms with Gasteiger partial charge in [-0.05, 0) is 85.9 Å². The maximum atomic E-state index is 2.57. The summed E-state index contributed by atoms with van der Waals surface area (Å²) in [7, 11) is -1.40. The fourth-order valence-corrected chi connectivity index (χ4v) is 10.1. The van der Waals surface area contributed by atoms with Crippen LogP contribution in [0.1, 0.15) is 103 Å². The van der Waals surface area contributed by atoms with Gasteiger partial charge in [-0.3, -0.25) is 0 Å². The summed E-state index contributed by atoms with van der Waals surface area (Å²) in [4.78, 5) is 0. The van der Waals surface area contributed by atoms with Gasteiger partial charge in [0.1, 0.15) is 8.80 Å². The van der Waals surface area contributed by atoms with Crippen molar-refractivity contribution in [3.05, 3.63) is 112 Å². The molecule has 0 radical (unpaired) electrons. The van der Waals surface area contributed by atoms with Crippen molar-refractivity contribution >= 4 is 24.7 Å². The lowest BCUT2D eigenvalue weighted by Gasteiger charge is -2.25. The lowest BCUT2D eigenvalue weighted by atomic mass is 9.88. The molecule has 0 spiro atoms. The predicted octanol–water partition coefficient (Wildman–Crippen LogP) is 9.71. The van der Waals surface area contributed by atoms with Crippen LogP contribution in [0.15, 0.2) is 95.6 Å². The van der Waals surface area contributed by atoms with Gasteiger partial charge in [0, 0.05) is 5.92 Å². The van der Waals surface area contributed by atoms with Crippen LogP contribution in [0.5, 0.6) is 0 Å². The highest BCUT2D eigenvalue weighted by molar-refractivity contribution is 6.85. The first-order chi connectivity index (χ1) is 19.5. The van der Waals surface area contributed by atoms with Crippen molar-refractivity contribution in [1.29, 1.82) is 0 Å². The zero-order valence-corrected chi connectivity index (χ0v) is 27.1. The van der Waals surface area contributed by atoms with E-state index < -0.39 is 8.80 Å². The van der Waals surface area contributed by atoms with E-state index in [-0.39, 0.29) is 0 Å². The fraction of sp³-hybridized carbons (Fsp3) is 0.436. The van der Waals surface area contributed by atoms with Crippen molar-refractivity contribution < 1.29 is 0 Å². The monoisotopic (exact) mass is 548 g/mol. The number of benzene rings is 3. The summed E-state index contributed by atoms with van der Waals surface area (Å²) in [5.74, 6) is 0.500. The summed E-state index contributed by atoms with van der Waals surface area (Å²) < 4.78 is 0. The molecule has 1 aliphatic rings. The molecule has 1 atom stereocenters. The van der Waals surface area contributed by atoms with Crippen LogP contribution in [0, 0.1) is 5.92 Å². The SMILES string of the molecule is CCCCCCc1cc(CCCCCC)cc(C2=C(C)C(C)=C(C)C2C[SiH](c2ccccc2)c2ccccc2)c1. The summed E-state index contributed by atoms with van der Waals surface area (Å²) in [6.07, 6.45) is 13.0. The molecular formula is C39H52Si. The number of unbranched alkanes of at least 4 members (excludes halogenated alkanes) is 6. The molecule has 0 aliphatic heterocycles. The summed E-state index contributed by atoms with van der Waals surface area (Å²) in [6, 6.07) is 31.7. The van der Waals surface area contributed by atoms with E-state index in [2.05, 4.69) is 113 Å². The van der Waals surface area contributed by atoms with Gasteiger partial charge in [-0.1, -0.05) is 147 Å². The largest absolute Gasteiger partial charge is 0.104 e. The Balaban J connectivity index is 1.70. The molecule has 1 unspecified atom stereocenters.